The number of aromatic nitrogens is 4. The van der Waals surface area contributed by atoms with Crippen LogP contribution in [0.4, 0.5) is 5.82 Å². The Labute approximate surface area is 174 Å². The highest BCUT2D eigenvalue weighted by atomic mass is 32.2. The molecule has 0 radical (unpaired) electrons. The first-order valence-electron chi connectivity index (χ1n) is 9.94. The van der Waals surface area contributed by atoms with Gasteiger partial charge in [0.1, 0.15) is 5.82 Å². The molecule has 1 amide bonds. The third kappa shape index (κ3) is 4.22. The van der Waals surface area contributed by atoms with Crippen molar-refractivity contribution in [2.75, 3.05) is 30.8 Å². The van der Waals surface area contributed by atoms with Crippen molar-refractivity contribution >= 4 is 34.5 Å². The first-order valence-corrected chi connectivity index (χ1v) is 11.2. The van der Waals surface area contributed by atoms with Crippen LogP contribution in [-0.2, 0) is 6.54 Å². The maximum atomic E-state index is 12.5. The van der Waals surface area contributed by atoms with E-state index in [1.807, 2.05) is 43.1 Å². The van der Waals surface area contributed by atoms with Gasteiger partial charge in [0.15, 0.2) is 10.8 Å². The highest BCUT2D eigenvalue weighted by Gasteiger charge is 2.20. The predicted octanol–water partition coefficient (Wildman–Crippen LogP) is 3.20. The number of carbonyl (C=O) groups excluding carboxylic acids is 1. The standard InChI is InChI=1S/C21H26N6OS/c1-14-10-15(2)12-16(11-14)20(28)22-6-9-27-19-17(13-23-27)18(24-21(25-19)29-3)26-7-4-5-8-26/h10-13H,4-9H2,1-3H3,(H,22,28). The molecule has 1 aromatic carbocycles. The van der Waals surface area contributed by atoms with E-state index < -0.39 is 0 Å². The molecule has 0 atom stereocenters. The van der Waals surface area contributed by atoms with E-state index in [0.29, 0.717) is 18.7 Å². The number of thioether (sulfide) groups is 1. The van der Waals surface area contributed by atoms with Crippen molar-refractivity contribution in [2.24, 2.45) is 0 Å². The van der Waals surface area contributed by atoms with Gasteiger partial charge in [0.25, 0.3) is 5.91 Å². The zero-order chi connectivity index (χ0) is 20.4. The van der Waals surface area contributed by atoms with Crippen molar-refractivity contribution in [1.82, 2.24) is 25.1 Å². The molecule has 1 aliphatic rings. The van der Waals surface area contributed by atoms with Crippen molar-refractivity contribution in [3.8, 4) is 0 Å². The molecule has 1 aliphatic heterocycles. The average molecular weight is 411 g/mol. The van der Waals surface area contributed by atoms with Gasteiger partial charge >= 0.3 is 0 Å². The molecule has 3 heterocycles. The van der Waals surface area contributed by atoms with E-state index in [9.17, 15) is 4.79 Å². The smallest absolute Gasteiger partial charge is 0.251 e. The summed E-state index contributed by atoms with van der Waals surface area (Å²) in [5.41, 5.74) is 3.69. The normalized spacial score (nSPS) is 14.0. The second-order valence-electron chi connectivity index (χ2n) is 7.47. The fourth-order valence-corrected chi connectivity index (χ4v) is 4.18. The van der Waals surface area contributed by atoms with Gasteiger partial charge in [0.05, 0.1) is 18.1 Å². The van der Waals surface area contributed by atoms with Crippen molar-refractivity contribution in [3.63, 3.8) is 0 Å². The summed E-state index contributed by atoms with van der Waals surface area (Å²) < 4.78 is 1.86. The summed E-state index contributed by atoms with van der Waals surface area (Å²) in [6, 6.07) is 5.88. The van der Waals surface area contributed by atoms with E-state index in [2.05, 4.69) is 26.4 Å². The van der Waals surface area contributed by atoms with E-state index in [4.69, 9.17) is 4.98 Å². The topological polar surface area (TPSA) is 75.9 Å². The number of aryl methyl sites for hydroxylation is 2. The zero-order valence-electron chi connectivity index (χ0n) is 17.1. The molecule has 1 saturated heterocycles. The Morgan fingerprint density at radius 2 is 1.86 bits per heavy atom. The Bertz CT molecular complexity index is 1020. The van der Waals surface area contributed by atoms with Crippen molar-refractivity contribution in [3.05, 3.63) is 41.1 Å². The van der Waals surface area contributed by atoms with Gasteiger partial charge < -0.3 is 10.2 Å². The minimum Gasteiger partial charge on any atom is -0.356 e. The summed E-state index contributed by atoms with van der Waals surface area (Å²) in [5, 5.41) is 9.25. The number of hydrogen-bond acceptors (Lipinski definition) is 6. The summed E-state index contributed by atoms with van der Waals surface area (Å²) >= 11 is 1.54. The lowest BCUT2D eigenvalue weighted by Gasteiger charge is -2.17. The van der Waals surface area contributed by atoms with Crippen LogP contribution in [0, 0.1) is 13.8 Å². The lowest BCUT2D eigenvalue weighted by atomic mass is 10.1. The Morgan fingerprint density at radius 1 is 1.14 bits per heavy atom. The number of nitrogens with one attached hydrogen (secondary N) is 1. The largest absolute Gasteiger partial charge is 0.356 e. The van der Waals surface area contributed by atoms with Gasteiger partial charge in [0.2, 0.25) is 0 Å². The van der Waals surface area contributed by atoms with Crippen LogP contribution in [0.15, 0.2) is 29.6 Å². The number of amides is 1. The summed E-state index contributed by atoms with van der Waals surface area (Å²) in [4.78, 5) is 24.2. The summed E-state index contributed by atoms with van der Waals surface area (Å²) in [7, 11) is 0. The highest BCUT2D eigenvalue weighted by molar-refractivity contribution is 7.98. The van der Waals surface area contributed by atoms with Crippen LogP contribution in [0.1, 0.15) is 34.3 Å². The molecule has 0 bridgehead atoms. The van der Waals surface area contributed by atoms with E-state index in [-0.39, 0.29) is 5.91 Å². The quantitative estimate of drug-likeness (QED) is 0.497. The van der Waals surface area contributed by atoms with Crippen LogP contribution in [0.3, 0.4) is 0 Å². The molecular formula is C21H26N6OS. The van der Waals surface area contributed by atoms with Gasteiger partial charge in [-0.2, -0.15) is 5.10 Å². The van der Waals surface area contributed by atoms with Crippen LogP contribution in [0.25, 0.3) is 11.0 Å². The predicted molar refractivity (Wildman–Crippen MR) is 117 cm³/mol. The van der Waals surface area contributed by atoms with Gasteiger partial charge in [0, 0.05) is 25.2 Å². The lowest BCUT2D eigenvalue weighted by molar-refractivity contribution is 0.0952. The Hall–Kier alpha value is -2.61. The fraction of sp³-hybridized carbons (Fsp3) is 0.429. The van der Waals surface area contributed by atoms with Crippen LogP contribution in [0.5, 0.6) is 0 Å². The SMILES string of the molecule is CSc1nc(N2CCCC2)c2cnn(CCNC(=O)c3cc(C)cc(C)c3)c2n1. The molecule has 1 N–H and O–H groups in total. The van der Waals surface area contributed by atoms with Gasteiger partial charge in [-0.1, -0.05) is 29.0 Å². The Morgan fingerprint density at radius 3 is 2.55 bits per heavy atom. The minimum atomic E-state index is -0.0644. The third-order valence-corrected chi connectivity index (χ3v) is 5.68. The molecular weight excluding hydrogens is 384 g/mol. The Kier molecular flexibility index (Phi) is 5.71. The summed E-state index contributed by atoms with van der Waals surface area (Å²) in [5.74, 6) is 0.910. The number of benzene rings is 1. The number of carbonyl (C=O) groups is 1. The molecule has 0 saturated carbocycles. The molecule has 1 fully saturated rings. The second kappa shape index (κ2) is 8.41. The van der Waals surface area contributed by atoms with E-state index in [0.717, 1.165) is 46.2 Å². The first-order chi connectivity index (χ1) is 14.0. The van der Waals surface area contributed by atoms with Crippen LogP contribution in [-0.4, -0.2) is 51.5 Å². The van der Waals surface area contributed by atoms with Gasteiger partial charge in [-0.25, -0.2) is 14.6 Å². The lowest BCUT2D eigenvalue weighted by Crippen LogP contribution is -2.27. The van der Waals surface area contributed by atoms with E-state index in [1.54, 1.807) is 0 Å². The minimum absolute atomic E-state index is 0.0644. The molecule has 4 rings (SSSR count). The third-order valence-electron chi connectivity index (χ3n) is 5.14. The number of nitrogens with zero attached hydrogens (tertiary/aromatic N) is 5. The van der Waals surface area contributed by atoms with E-state index >= 15 is 0 Å². The molecule has 3 aromatic rings. The molecule has 0 spiro atoms. The van der Waals surface area contributed by atoms with Gasteiger partial charge in [-0.05, 0) is 45.1 Å². The molecule has 7 nitrogen and oxygen atoms in total. The molecule has 0 aliphatic carbocycles. The van der Waals surface area contributed by atoms with E-state index in [1.165, 1.54) is 24.6 Å². The number of fused-ring (bicyclic) bond motifs is 1. The van der Waals surface area contributed by atoms with Crippen molar-refractivity contribution in [1.29, 1.82) is 0 Å². The second-order valence-corrected chi connectivity index (χ2v) is 8.24. The monoisotopic (exact) mass is 410 g/mol. The number of rotatable bonds is 6. The van der Waals surface area contributed by atoms with Crippen LogP contribution >= 0.6 is 11.8 Å². The van der Waals surface area contributed by atoms with Gasteiger partial charge in [-0.15, -0.1) is 0 Å². The fourth-order valence-electron chi connectivity index (χ4n) is 3.83. The maximum Gasteiger partial charge on any atom is 0.251 e. The summed E-state index contributed by atoms with van der Waals surface area (Å²) in [6.45, 7) is 7.10. The van der Waals surface area contributed by atoms with Gasteiger partial charge in [-0.3, -0.25) is 4.79 Å². The van der Waals surface area contributed by atoms with Crippen molar-refractivity contribution < 1.29 is 4.79 Å². The van der Waals surface area contributed by atoms with Crippen LogP contribution in [0.2, 0.25) is 0 Å². The number of hydrogen-bond donors (Lipinski definition) is 1. The molecule has 0 unspecified atom stereocenters. The molecule has 2 aromatic heterocycles. The molecule has 8 heteroatoms. The summed E-state index contributed by atoms with van der Waals surface area (Å²) in [6.07, 6.45) is 6.22. The average Bonchev–Trinajstić information content (AvgIpc) is 3.36. The Balaban J connectivity index is 1.51. The zero-order valence-corrected chi connectivity index (χ0v) is 17.9. The highest BCUT2D eigenvalue weighted by Crippen LogP contribution is 2.28. The maximum absolute atomic E-state index is 12.5. The molecule has 29 heavy (non-hydrogen) atoms. The van der Waals surface area contributed by atoms with Crippen LogP contribution < -0.4 is 10.2 Å². The molecule has 152 valence electrons. The first kappa shape index (κ1) is 19.7. The number of anilines is 1. The van der Waals surface area contributed by atoms with Crippen molar-refractivity contribution in [2.45, 2.75) is 38.4 Å².